The van der Waals surface area contributed by atoms with Gasteiger partial charge >= 0.3 is 12.1 Å². The number of rotatable bonds is 2. The molecule has 7 heteroatoms. The zero-order valence-corrected chi connectivity index (χ0v) is 12.0. The molecule has 1 N–H and O–H groups in total. The third kappa shape index (κ3) is 2.30. The van der Waals surface area contributed by atoms with E-state index in [2.05, 4.69) is 5.10 Å². The smallest absolute Gasteiger partial charge is 0.409 e. The minimum absolute atomic E-state index is 0.0209. The van der Waals surface area contributed by atoms with Crippen LogP contribution in [-0.4, -0.2) is 45.5 Å². The molecule has 0 atom stereocenters. The summed E-state index contributed by atoms with van der Waals surface area (Å²) in [4.78, 5) is 24.6. The molecule has 1 aliphatic rings. The van der Waals surface area contributed by atoms with Gasteiger partial charge in [-0.15, -0.1) is 0 Å². The Morgan fingerprint density at radius 3 is 2.64 bits per heavy atom. The quantitative estimate of drug-likeness (QED) is 0.912. The van der Waals surface area contributed by atoms with Crippen molar-refractivity contribution in [3.05, 3.63) is 47.3 Å². The van der Waals surface area contributed by atoms with E-state index in [1.165, 1.54) is 12.0 Å². The summed E-state index contributed by atoms with van der Waals surface area (Å²) >= 11 is 0. The molecule has 0 bridgehead atoms. The first-order valence-electron chi connectivity index (χ1n) is 6.84. The lowest BCUT2D eigenvalue weighted by molar-refractivity contribution is 0.0685. The minimum Gasteiger partial charge on any atom is -0.476 e. The molecule has 0 saturated heterocycles. The molecule has 1 aromatic carbocycles. The van der Waals surface area contributed by atoms with Crippen LogP contribution in [0.3, 0.4) is 0 Å². The van der Waals surface area contributed by atoms with E-state index in [9.17, 15) is 14.7 Å². The maximum absolute atomic E-state index is 11.7. The Bertz CT molecular complexity index is 724. The fourth-order valence-corrected chi connectivity index (χ4v) is 2.66. The van der Waals surface area contributed by atoms with Crippen molar-refractivity contribution in [3.8, 4) is 5.69 Å². The molecule has 1 aliphatic heterocycles. The number of carbonyl (C=O) groups is 2. The number of carboxylic acids is 1. The zero-order chi connectivity index (χ0) is 15.7. The molecule has 1 amide bonds. The number of para-hydroxylation sites is 1. The number of hydrogen-bond donors (Lipinski definition) is 1. The molecule has 2 heterocycles. The Morgan fingerprint density at radius 1 is 1.27 bits per heavy atom. The number of nitrogens with zero attached hydrogens (tertiary/aromatic N) is 3. The van der Waals surface area contributed by atoms with Gasteiger partial charge < -0.3 is 14.7 Å². The van der Waals surface area contributed by atoms with Crippen molar-refractivity contribution < 1.29 is 19.4 Å². The van der Waals surface area contributed by atoms with Crippen LogP contribution in [-0.2, 0) is 17.7 Å². The molecule has 7 nitrogen and oxygen atoms in total. The van der Waals surface area contributed by atoms with E-state index in [0.29, 0.717) is 18.5 Å². The highest BCUT2D eigenvalue weighted by molar-refractivity contribution is 5.88. The summed E-state index contributed by atoms with van der Waals surface area (Å²) in [6.07, 6.45) is 0.0639. The molecular formula is C15H15N3O4. The summed E-state index contributed by atoms with van der Waals surface area (Å²) in [7, 11) is 1.31. The second-order valence-electron chi connectivity index (χ2n) is 4.97. The van der Waals surface area contributed by atoms with Crippen LogP contribution in [0.5, 0.6) is 0 Å². The molecule has 2 aromatic rings. The van der Waals surface area contributed by atoms with Crippen LogP contribution < -0.4 is 0 Å². The van der Waals surface area contributed by atoms with Gasteiger partial charge in [0.1, 0.15) is 0 Å². The van der Waals surface area contributed by atoms with Crippen molar-refractivity contribution in [1.29, 1.82) is 0 Å². The highest BCUT2D eigenvalue weighted by Crippen LogP contribution is 2.25. The van der Waals surface area contributed by atoms with E-state index in [4.69, 9.17) is 4.74 Å². The normalized spacial score (nSPS) is 13.6. The van der Waals surface area contributed by atoms with E-state index in [0.717, 1.165) is 11.4 Å². The summed E-state index contributed by atoms with van der Waals surface area (Å²) in [5, 5.41) is 13.6. The van der Waals surface area contributed by atoms with Gasteiger partial charge in [0.25, 0.3) is 0 Å². The second kappa shape index (κ2) is 5.51. The van der Waals surface area contributed by atoms with Gasteiger partial charge in [-0.2, -0.15) is 5.10 Å². The Labute approximate surface area is 126 Å². The largest absolute Gasteiger partial charge is 0.476 e. The van der Waals surface area contributed by atoms with Crippen LogP contribution in [0.4, 0.5) is 4.79 Å². The number of methoxy groups -OCH3 is 1. The van der Waals surface area contributed by atoms with Gasteiger partial charge in [-0.3, -0.25) is 0 Å². The number of ether oxygens (including phenoxy) is 1. The maximum atomic E-state index is 11.7. The van der Waals surface area contributed by atoms with Crippen LogP contribution in [0.1, 0.15) is 21.7 Å². The van der Waals surface area contributed by atoms with E-state index in [1.807, 2.05) is 30.3 Å². The first kappa shape index (κ1) is 14.1. The van der Waals surface area contributed by atoms with Gasteiger partial charge in [0.2, 0.25) is 0 Å². The standard InChI is InChI=1S/C15H15N3O4/c1-22-15(21)17-8-7-12-11(9-17)13(14(19)20)16-18(12)10-5-3-2-4-6-10/h2-6H,7-9H2,1H3,(H,19,20). The highest BCUT2D eigenvalue weighted by Gasteiger charge is 2.30. The average Bonchev–Trinajstić information content (AvgIpc) is 2.94. The number of carbonyl (C=O) groups excluding carboxylic acids is 1. The fourth-order valence-electron chi connectivity index (χ4n) is 2.66. The molecule has 0 radical (unpaired) electrons. The number of amides is 1. The molecule has 0 saturated carbocycles. The van der Waals surface area contributed by atoms with Gasteiger partial charge in [0, 0.05) is 18.5 Å². The van der Waals surface area contributed by atoms with Gasteiger partial charge in [-0.25, -0.2) is 14.3 Å². The minimum atomic E-state index is -1.10. The van der Waals surface area contributed by atoms with E-state index in [-0.39, 0.29) is 12.2 Å². The first-order valence-corrected chi connectivity index (χ1v) is 6.84. The Morgan fingerprint density at radius 2 is 2.00 bits per heavy atom. The predicted molar refractivity (Wildman–Crippen MR) is 77.0 cm³/mol. The van der Waals surface area contributed by atoms with Gasteiger partial charge in [0.05, 0.1) is 25.0 Å². The summed E-state index contributed by atoms with van der Waals surface area (Å²) < 4.78 is 6.36. The van der Waals surface area contributed by atoms with Crippen LogP contribution in [0.2, 0.25) is 0 Å². The molecule has 0 aliphatic carbocycles. The zero-order valence-electron chi connectivity index (χ0n) is 12.0. The van der Waals surface area contributed by atoms with Crippen molar-refractivity contribution in [2.75, 3.05) is 13.7 Å². The van der Waals surface area contributed by atoms with E-state index in [1.54, 1.807) is 4.68 Å². The number of aromatic carboxylic acids is 1. The van der Waals surface area contributed by atoms with Crippen molar-refractivity contribution in [1.82, 2.24) is 14.7 Å². The number of aromatic nitrogens is 2. The third-order valence-electron chi connectivity index (χ3n) is 3.69. The predicted octanol–water partition coefficient (Wildman–Crippen LogP) is 1.70. The first-order chi connectivity index (χ1) is 10.6. The lowest BCUT2D eigenvalue weighted by Crippen LogP contribution is -2.36. The maximum Gasteiger partial charge on any atom is 0.409 e. The molecule has 3 rings (SSSR count). The summed E-state index contributed by atoms with van der Waals surface area (Å²) in [6, 6.07) is 9.36. The fraction of sp³-hybridized carbons (Fsp3) is 0.267. The summed E-state index contributed by atoms with van der Waals surface area (Å²) in [5.74, 6) is -1.10. The van der Waals surface area contributed by atoms with E-state index < -0.39 is 12.1 Å². The van der Waals surface area contributed by atoms with Gasteiger partial charge in [-0.1, -0.05) is 18.2 Å². The number of hydrogen-bond acceptors (Lipinski definition) is 4. The highest BCUT2D eigenvalue weighted by atomic mass is 16.5. The van der Waals surface area contributed by atoms with Crippen molar-refractivity contribution in [2.24, 2.45) is 0 Å². The van der Waals surface area contributed by atoms with Crippen LogP contribution in [0, 0.1) is 0 Å². The molecule has 22 heavy (non-hydrogen) atoms. The summed E-state index contributed by atoms with van der Waals surface area (Å²) in [6.45, 7) is 0.660. The van der Waals surface area contributed by atoms with Gasteiger partial charge in [-0.05, 0) is 12.1 Å². The summed E-state index contributed by atoms with van der Waals surface area (Å²) in [5.41, 5.74) is 2.17. The van der Waals surface area contributed by atoms with Gasteiger partial charge in [0.15, 0.2) is 5.69 Å². The number of benzene rings is 1. The average molecular weight is 301 g/mol. The van der Waals surface area contributed by atoms with Crippen LogP contribution in [0.15, 0.2) is 30.3 Å². The number of carboxylic acid groups (broad SMARTS) is 1. The second-order valence-corrected chi connectivity index (χ2v) is 4.97. The molecule has 0 spiro atoms. The Kier molecular flexibility index (Phi) is 3.54. The third-order valence-corrected chi connectivity index (χ3v) is 3.69. The lowest BCUT2D eigenvalue weighted by atomic mass is 10.1. The topological polar surface area (TPSA) is 84.7 Å². The number of fused-ring (bicyclic) bond motifs is 1. The van der Waals surface area contributed by atoms with Crippen LogP contribution in [0.25, 0.3) is 5.69 Å². The Balaban J connectivity index is 2.07. The molecule has 114 valence electrons. The van der Waals surface area contributed by atoms with Crippen molar-refractivity contribution in [3.63, 3.8) is 0 Å². The monoisotopic (exact) mass is 301 g/mol. The van der Waals surface area contributed by atoms with Crippen molar-refractivity contribution >= 4 is 12.1 Å². The molecule has 0 fully saturated rings. The molecule has 1 aromatic heterocycles. The molecular weight excluding hydrogens is 286 g/mol. The Hall–Kier alpha value is -2.83. The van der Waals surface area contributed by atoms with Crippen LogP contribution >= 0.6 is 0 Å². The molecule has 0 unspecified atom stereocenters. The van der Waals surface area contributed by atoms with E-state index >= 15 is 0 Å². The lowest BCUT2D eigenvalue weighted by Gasteiger charge is -2.26. The van der Waals surface area contributed by atoms with Crippen molar-refractivity contribution in [2.45, 2.75) is 13.0 Å². The SMILES string of the molecule is COC(=O)N1CCc2c(c(C(=O)O)nn2-c2ccccc2)C1.